The number of para-hydroxylation sites is 1. The Kier molecular flexibility index (Phi) is 9.87. The molecule has 0 aliphatic heterocycles. The summed E-state index contributed by atoms with van der Waals surface area (Å²) in [4.78, 5) is 12.7. The molecule has 4 aromatic rings. The first-order valence-corrected chi connectivity index (χ1v) is 14.7. The summed E-state index contributed by atoms with van der Waals surface area (Å²) >= 11 is 0. The van der Waals surface area contributed by atoms with Crippen molar-refractivity contribution in [2.24, 2.45) is 0 Å². The minimum absolute atomic E-state index is 0.0358. The summed E-state index contributed by atoms with van der Waals surface area (Å²) in [7, 11) is -3.95. The third-order valence-electron chi connectivity index (χ3n) is 6.46. The summed E-state index contributed by atoms with van der Waals surface area (Å²) in [6.07, 6.45) is 5.58. The van der Waals surface area contributed by atoms with Crippen LogP contribution in [0.5, 0.6) is 5.75 Å². The van der Waals surface area contributed by atoms with Crippen molar-refractivity contribution >= 4 is 21.5 Å². The van der Waals surface area contributed by atoms with Crippen LogP contribution in [0.1, 0.15) is 47.3 Å². The van der Waals surface area contributed by atoms with Gasteiger partial charge < -0.3 is 4.74 Å². The first-order chi connectivity index (χ1) is 19.7. The fourth-order valence-corrected chi connectivity index (χ4v) is 5.26. The first-order valence-electron chi connectivity index (χ1n) is 13.2. The molecule has 0 unspecified atom stereocenters. The molecule has 4 aromatic carbocycles. The predicted molar refractivity (Wildman–Crippen MR) is 160 cm³/mol. The second-order valence-electron chi connectivity index (χ2n) is 9.71. The smallest absolute Gasteiger partial charge is 0.265 e. The number of carbonyl (C=O) groups is 1. The number of nitrogens with one attached hydrogen (secondary N) is 1. The Morgan fingerprint density at radius 2 is 1.54 bits per heavy atom. The maximum Gasteiger partial charge on any atom is 0.265 e. The summed E-state index contributed by atoms with van der Waals surface area (Å²) in [5, 5.41) is 0. The Labute approximate surface area is 241 Å². The van der Waals surface area contributed by atoms with E-state index in [1.807, 2.05) is 44.2 Å². The Morgan fingerprint density at radius 3 is 2.29 bits per heavy atom. The molecule has 0 saturated carbocycles. The summed E-state index contributed by atoms with van der Waals surface area (Å²) < 4.78 is 46.4. The Bertz CT molecular complexity index is 1660. The minimum Gasteiger partial charge on any atom is -0.488 e. The van der Waals surface area contributed by atoms with Crippen LogP contribution in [0.4, 0.5) is 4.39 Å². The summed E-state index contributed by atoms with van der Waals surface area (Å²) in [5.74, 6) is -0.185. The predicted octanol–water partition coefficient (Wildman–Crippen LogP) is 7.51. The summed E-state index contributed by atoms with van der Waals surface area (Å²) in [5.41, 5.74) is 5.25. The molecule has 210 valence electrons. The highest BCUT2D eigenvalue weighted by atomic mass is 32.2. The van der Waals surface area contributed by atoms with Gasteiger partial charge in [0.15, 0.2) is 0 Å². The maximum atomic E-state index is 13.2. The van der Waals surface area contributed by atoms with Crippen molar-refractivity contribution in [1.29, 1.82) is 0 Å². The van der Waals surface area contributed by atoms with Gasteiger partial charge in [0.05, 0.1) is 4.90 Å². The molecule has 0 aliphatic carbocycles. The molecule has 0 radical (unpaired) electrons. The number of hydrogen-bond donors (Lipinski definition) is 1. The first kappa shape index (κ1) is 29.5. The highest BCUT2D eigenvalue weighted by Gasteiger charge is 2.18. The lowest BCUT2D eigenvalue weighted by atomic mass is 10.0. The summed E-state index contributed by atoms with van der Waals surface area (Å²) in [6.45, 7) is 4.41. The molecule has 41 heavy (non-hydrogen) atoms. The molecule has 0 aliphatic rings. The Balaban J connectivity index is 1.37. The standard InChI is InChI=1S/C34H32FNO4S/c1-25(22-28-12-9-13-29(23-28)34(37)36-41(38,39)31-14-4-3-5-15-31)10-8-11-26(2)32-16-6-7-17-33(32)40-24-27-18-20-30(35)21-19-27/h3-7,9-21,23H,8,22,24H2,1-2H3,(H,36,37)/b25-10-,26-11+. The van der Waals surface area contributed by atoms with E-state index < -0.39 is 15.9 Å². The van der Waals surface area contributed by atoms with Gasteiger partial charge in [-0.25, -0.2) is 17.5 Å². The van der Waals surface area contributed by atoms with Crippen LogP contribution < -0.4 is 9.46 Å². The molecule has 7 heteroatoms. The van der Waals surface area contributed by atoms with E-state index >= 15 is 0 Å². The normalized spacial score (nSPS) is 12.2. The van der Waals surface area contributed by atoms with Gasteiger partial charge >= 0.3 is 0 Å². The largest absolute Gasteiger partial charge is 0.488 e. The second kappa shape index (κ2) is 13.7. The average molecular weight is 570 g/mol. The van der Waals surface area contributed by atoms with Gasteiger partial charge in [-0.15, -0.1) is 0 Å². The molecular formula is C34H32FNO4S. The lowest BCUT2D eigenvalue weighted by Crippen LogP contribution is -2.30. The average Bonchev–Trinajstić information content (AvgIpc) is 2.97. The number of rotatable bonds is 11. The second-order valence-corrected chi connectivity index (χ2v) is 11.4. The van der Waals surface area contributed by atoms with Gasteiger partial charge in [0, 0.05) is 11.1 Å². The SMILES string of the molecule is C/C(=C/C/C=C(\C)c1ccccc1OCc1ccc(F)cc1)Cc1cccc(C(=O)NS(=O)(=O)c2ccccc2)c1. The van der Waals surface area contributed by atoms with E-state index in [9.17, 15) is 17.6 Å². The number of carbonyl (C=O) groups excluding carboxylic acids is 1. The maximum absolute atomic E-state index is 13.2. The van der Waals surface area contributed by atoms with E-state index in [0.29, 0.717) is 19.4 Å². The molecule has 1 amide bonds. The molecule has 0 bridgehead atoms. The van der Waals surface area contributed by atoms with E-state index in [4.69, 9.17) is 4.74 Å². The number of amides is 1. The summed E-state index contributed by atoms with van der Waals surface area (Å²) in [6, 6.07) is 28.9. The van der Waals surface area contributed by atoms with Crippen LogP contribution in [0.15, 0.2) is 126 Å². The Morgan fingerprint density at radius 1 is 0.829 bits per heavy atom. The molecule has 0 atom stereocenters. The van der Waals surface area contributed by atoms with E-state index in [0.717, 1.165) is 33.6 Å². The van der Waals surface area contributed by atoms with Crippen molar-refractivity contribution in [3.63, 3.8) is 0 Å². The molecule has 4 rings (SSSR count). The molecule has 0 fully saturated rings. The van der Waals surface area contributed by atoms with Gasteiger partial charge in [-0.1, -0.05) is 78.4 Å². The highest BCUT2D eigenvalue weighted by molar-refractivity contribution is 7.90. The lowest BCUT2D eigenvalue weighted by molar-refractivity contribution is 0.0981. The zero-order chi connectivity index (χ0) is 29.2. The van der Waals surface area contributed by atoms with Gasteiger partial charge in [-0.2, -0.15) is 0 Å². The number of sulfonamides is 1. The van der Waals surface area contributed by atoms with Gasteiger partial charge in [0.1, 0.15) is 18.2 Å². The van der Waals surface area contributed by atoms with E-state index in [1.165, 1.54) is 24.3 Å². The van der Waals surface area contributed by atoms with Crippen LogP contribution in [-0.4, -0.2) is 14.3 Å². The van der Waals surface area contributed by atoms with Crippen molar-refractivity contribution in [2.75, 3.05) is 0 Å². The molecule has 1 N–H and O–H groups in total. The van der Waals surface area contributed by atoms with Gasteiger partial charge in [0.25, 0.3) is 15.9 Å². The van der Waals surface area contributed by atoms with Crippen LogP contribution in [0, 0.1) is 5.82 Å². The van der Waals surface area contributed by atoms with E-state index in [1.54, 1.807) is 48.5 Å². The molecule has 0 spiro atoms. The number of allylic oxidation sites excluding steroid dienone is 4. The number of benzene rings is 4. The van der Waals surface area contributed by atoms with Crippen molar-refractivity contribution in [2.45, 2.75) is 38.2 Å². The van der Waals surface area contributed by atoms with Gasteiger partial charge in [0.2, 0.25) is 0 Å². The third-order valence-corrected chi connectivity index (χ3v) is 7.81. The zero-order valence-corrected chi connectivity index (χ0v) is 23.8. The minimum atomic E-state index is -3.95. The quantitative estimate of drug-likeness (QED) is 0.190. The van der Waals surface area contributed by atoms with Crippen molar-refractivity contribution in [3.8, 4) is 5.75 Å². The topological polar surface area (TPSA) is 72.5 Å². The number of hydrogen-bond acceptors (Lipinski definition) is 4. The van der Waals surface area contributed by atoms with E-state index in [2.05, 4.69) is 16.9 Å². The third kappa shape index (κ3) is 8.50. The van der Waals surface area contributed by atoms with Gasteiger partial charge in [-0.05, 0) is 85.9 Å². The van der Waals surface area contributed by atoms with Crippen LogP contribution in [0.25, 0.3) is 5.57 Å². The highest BCUT2D eigenvalue weighted by Crippen LogP contribution is 2.27. The van der Waals surface area contributed by atoms with Crippen molar-refractivity contribution in [1.82, 2.24) is 4.72 Å². The van der Waals surface area contributed by atoms with Crippen LogP contribution in [0.3, 0.4) is 0 Å². The Hall–Kier alpha value is -4.49. The number of ether oxygens (including phenoxy) is 1. The lowest BCUT2D eigenvalue weighted by Gasteiger charge is -2.12. The van der Waals surface area contributed by atoms with E-state index in [-0.39, 0.29) is 16.3 Å². The van der Waals surface area contributed by atoms with Gasteiger partial charge in [-0.3, -0.25) is 4.79 Å². The molecule has 0 aromatic heterocycles. The van der Waals surface area contributed by atoms with Crippen molar-refractivity contribution < 1.29 is 22.3 Å². The fourth-order valence-electron chi connectivity index (χ4n) is 4.26. The van der Waals surface area contributed by atoms with Crippen LogP contribution >= 0.6 is 0 Å². The molecule has 0 saturated heterocycles. The molecular weight excluding hydrogens is 537 g/mol. The molecule has 0 heterocycles. The van der Waals surface area contributed by atoms with Crippen LogP contribution in [-0.2, 0) is 23.1 Å². The zero-order valence-electron chi connectivity index (χ0n) is 23.0. The number of halogens is 1. The molecule has 5 nitrogen and oxygen atoms in total. The fraction of sp³-hybridized carbons (Fsp3) is 0.147. The van der Waals surface area contributed by atoms with Crippen molar-refractivity contribution in [3.05, 3.63) is 149 Å². The monoisotopic (exact) mass is 569 g/mol. The van der Waals surface area contributed by atoms with Crippen LogP contribution in [0.2, 0.25) is 0 Å².